The minimum atomic E-state index is -2.27. The molecule has 16 N–H and O–H groups in total. The molecular formula is C63H53Cl2N7O21. The number of halogens is 2. The number of carboxylic acid groups (broad SMARTS) is 1. The van der Waals surface area contributed by atoms with Crippen LogP contribution < -0.4 is 56.6 Å². The maximum atomic E-state index is 16.0. The van der Waals surface area contributed by atoms with Gasteiger partial charge >= 0.3 is 11.9 Å². The van der Waals surface area contributed by atoms with Gasteiger partial charge in [-0.05, 0) is 112 Å². The quantitative estimate of drug-likeness (QED) is 0.101. The van der Waals surface area contributed by atoms with Gasteiger partial charge in [0.25, 0.3) is 0 Å². The molecule has 93 heavy (non-hydrogen) atoms. The number of esters is 1. The van der Waals surface area contributed by atoms with E-state index in [9.17, 15) is 60.0 Å². The highest BCUT2D eigenvalue weighted by Gasteiger charge is 2.42. The summed E-state index contributed by atoms with van der Waals surface area (Å²) in [5, 5.41) is 104. The normalized spacial score (nSPS) is 21.4. The minimum Gasteiger partial charge on any atom is -0.508 e. The van der Waals surface area contributed by atoms with E-state index in [1.807, 2.05) is 0 Å². The topological polar surface area (TPSA) is 443 Å². The van der Waals surface area contributed by atoms with Crippen molar-refractivity contribution in [3.8, 4) is 80.1 Å². The van der Waals surface area contributed by atoms with Crippen molar-refractivity contribution in [2.45, 2.75) is 67.3 Å². The summed E-state index contributed by atoms with van der Waals surface area (Å²) < 4.78 is 30.1. The Kier molecular flexibility index (Phi) is 17.5. The molecule has 30 heteroatoms. The SMILES string of the molecule is COC(=O)[C@H]1NC(=O)[C@H]2NC(=O)[C@H](NC(=O)[C@@H]3NC(=O)[C@H]4NC(=O)[C@@H](Cc5ccc(c(Cl)c5)Oc5cc3cc(c5OC(CCO)C(=O)O)Oc3ccc(cc3Cl)[C@H]2O)NC(=O)[C@@H](N)c2ccc(O)c(c2)Oc2cc(O)cc4c2)c2ccc(O)c(c2)-c2c(O)cc(O)cc21. The zero-order valence-electron chi connectivity index (χ0n) is 48.0. The Morgan fingerprint density at radius 1 is 0.581 bits per heavy atom. The van der Waals surface area contributed by atoms with Gasteiger partial charge in [0, 0.05) is 48.3 Å². The number of hydrogen-bond acceptors (Lipinski definition) is 21. The molecule has 6 heterocycles. The number of benzene rings is 7. The van der Waals surface area contributed by atoms with Gasteiger partial charge in [-0.15, -0.1) is 0 Å². The van der Waals surface area contributed by atoms with Crippen LogP contribution >= 0.6 is 23.2 Å². The summed E-state index contributed by atoms with van der Waals surface area (Å²) in [6, 6.07) is 7.84. The summed E-state index contributed by atoms with van der Waals surface area (Å²) in [6.07, 6.45) is -5.02. The van der Waals surface area contributed by atoms with Gasteiger partial charge in [-0.3, -0.25) is 28.8 Å². The van der Waals surface area contributed by atoms with Gasteiger partial charge in [0.15, 0.2) is 35.1 Å². The number of fused-ring (bicyclic) bond motifs is 14. The number of aliphatic carboxylic acids is 1. The van der Waals surface area contributed by atoms with Crippen LogP contribution in [-0.2, 0) is 49.5 Å². The number of aromatic hydroxyl groups is 5. The molecule has 7 aromatic rings. The minimum absolute atomic E-state index is 0.0926. The first-order chi connectivity index (χ1) is 44.4. The van der Waals surface area contributed by atoms with E-state index in [2.05, 4.69) is 31.9 Å². The Bertz CT molecular complexity index is 4290. The smallest absolute Gasteiger partial charge is 0.344 e. The highest BCUT2D eigenvalue weighted by Crippen LogP contribution is 2.49. The van der Waals surface area contributed by atoms with E-state index >= 15 is 19.2 Å². The number of nitrogens with two attached hydrogens (primary N) is 1. The molecule has 7 aromatic carbocycles. The zero-order chi connectivity index (χ0) is 66.4. The molecule has 480 valence electrons. The third-order valence-electron chi connectivity index (χ3n) is 15.5. The Balaban J connectivity index is 1.18. The Morgan fingerprint density at radius 3 is 1.83 bits per heavy atom. The van der Waals surface area contributed by atoms with Crippen molar-refractivity contribution < 1.29 is 103 Å². The number of phenols is 5. The van der Waals surface area contributed by atoms with Gasteiger partial charge in [0.1, 0.15) is 82.6 Å². The van der Waals surface area contributed by atoms with Crippen molar-refractivity contribution >= 4 is 70.6 Å². The van der Waals surface area contributed by atoms with Gasteiger partial charge in [-0.25, -0.2) is 9.59 Å². The number of carboxylic acids is 1. The molecule has 0 radical (unpaired) electrons. The number of methoxy groups -OCH3 is 1. The molecule has 6 aliphatic rings. The van der Waals surface area contributed by atoms with Crippen molar-refractivity contribution in [2.24, 2.45) is 5.73 Å². The number of aliphatic hydroxyl groups excluding tert-OH is 2. The lowest BCUT2D eigenvalue weighted by atomic mass is 9.89. The van der Waals surface area contributed by atoms with E-state index in [1.54, 1.807) is 0 Å². The van der Waals surface area contributed by atoms with Crippen molar-refractivity contribution in [2.75, 3.05) is 13.7 Å². The van der Waals surface area contributed by atoms with E-state index in [0.29, 0.717) is 0 Å². The number of rotatable bonds is 6. The van der Waals surface area contributed by atoms with Crippen molar-refractivity contribution in [1.82, 2.24) is 31.9 Å². The lowest BCUT2D eigenvalue weighted by Crippen LogP contribution is -2.55. The van der Waals surface area contributed by atoms with Crippen molar-refractivity contribution in [1.29, 1.82) is 0 Å². The predicted molar refractivity (Wildman–Crippen MR) is 321 cm³/mol. The van der Waals surface area contributed by atoms with Crippen LogP contribution in [0.2, 0.25) is 10.0 Å². The lowest BCUT2D eigenvalue weighted by Gasteiger charge is -2.31. The highest BCUT2D eigenvalue weighted by atomic mass is 35.5. The average molecular weight is 1320 g/mol. The largest absolute Gasteiger partial charge is 0.508 e. The molecule has 28 nitrogen and oxygen atoms in total. The molecule has 0 aliphatic carbocycles. The summed E-state index contributed by atoms with van der Waals surface area (Å²) in [5.74, 6) is -16.2. The average Bonchev–Trinajstić information content (AvgIpc) is 0.783. The van der Waals surface area contributed by atoms with Gasteiger partial charge in [-0.1, -0.05) is 47.5 Å². The second-order valence-corrected chi connectivity index (χ2v) is 22.5. The maximum Gasteiger partial charge on any atom is 0.344 e. The summed E-state index contributed by atoms with van der Waals surface area (Å²) in [6.45, 7) is -0.747. The number of carbonyl (C=O) groups excluding carboxylic acids is 7. The molecule has 17 bridgehead atoms. The Labute approximate surface area is 534 Å². The van der Waals surface area contributed by atoms with Crippen molar-refractivity contribution in [3.63, 3.8) is 0 Å². The fourth-order valence-electron chi connectivity index (χ4n) is 10.9. The van der Waals surface area contributed by atoms with Gasteiger partial charge in [-0.2, -0.15) is 0 Å². The number of aliphatic hydroxyl groups is 2. The third kappa shape index (κ3) is 12.9. The molecule has 0 saturated carbocycles. The molecule has 0 spiro atoms. The molecule has 6 aliphatic heterocycles. The van der Waals surface area contributed by atoms with Crippen LogP contribution in [0, 0.1) is 0 Å². The van der Waals surface area contributed by atoms with E-state index in [4.69, 9.17) is 52.6 Å². The first kappa shape index (κ1) is 63.5. The second kappa shape index (κ2) is 25.7. The first-order valence-electron chi connectivity index (χ1n) is 28.1. The molecule has 0 fully saturated rings. The first-order valence-corrected chi connectivity index (χ1v) is 28.8. The van der Waals surface area contributed by atoms with Gasteiger partial charge in [0.05, 0.1) is 17.2 Å². The lowest BCUT2D eigenvalue weighted by molar-refractivity contribution is -0.146. The summed E-state index contributed by atoms with van der Waals surface area (Å²) in [7, 11) is 0.947. The summed E-state index contributed by atoms with van der Waals surface area (Å²) >= 11 is 13.9. The third-order valence-corrected chi connectivity index (χ3v) is 16.1. The van der Waals surface area contributed by atoms with E-state index in [1.165, 1.54) is 48.5 Å². The van der Waals surface area contributed by atoms with Crippen LogP contribution in [0.3, 0.4) is 0 Å². The summed E-state index contributed by atoms with van der Waals surface area (Å²) in [5.41, 5.74) is 4.39. The standard InChI is InChI=1S/C63H53Cl2N7O21/c1-89-63(88)52-34-22-31(75)23-40(78)47(34)33-16-26(4-6-38(33)76)49-58(82)72-53(61(85)71-52)54(79)27-5-9-42(36(65)17-27)92-46-20-29-19-45(55(46)93-43(10-11-73)62(86)87)91-41-8-2-24(12-35(41)64)13-37-56(80)68-50(59(83)70-51(29)60(84)69-49)28-14-30(74)21-32(15-28)90-44-18-25(3-7-39(44)77)48(66)57(81)67-37/h2-9,12,14-23,37,43,48-54,73-79H,10-11,13,66H2,1H3,(H,67,81)(H,68,80)(H,69,84)(H,70,83)(H,71,85)(H,72,82)(H,86,87)/t37-,43?,48+,49-,50+,51-,52+,53+,54-/m1/s1. The summed E-state index contributed by atoms with van der Waals surface area (Å²) in [4.78, 5) is 118. The van der Waals surface area contributed by atoms with Gasteiger partial charge in [0.2, 0.25) is 41.2 Å². The van der Waals surface area contributed by atoms with Crippen LogP contribution in [0.5, 0.6) is 69.0 Å². The molecule has 6 amide bonds. The fraction of sp³-hybridized carbons (Fsp3) is 0.206. The molecule has 9 atom stereocenters. The van der Waals surface area contributed by atoms with Crippen LogP contribution in [0.4, 0.5) is 0 Å². The number of amides is 6. The second-order valence-electron chi connectivity index (χ2n) is 21.7. The zero-order valence-corrected chi connectivity index (χ0v) is 49.5. The highest BCUT2D eigenvalue weighted by molar-refractivity contribution is 6.32. The van der Waals surface area contributed by atoms with Crippen LogP contribution in [-0.4, -0.2) is 120 Å². The van der Waals surface area contributed by atoms with Crippen LogP contribution in [0.25, 0.3) is 11.1 Å². The molecule has 0 saturated heterocycles. The van der Waals surface area contributed by atoms with Crippen LogP contribution in [0.15, 0.2) is 115 Å². The predicted octanol–water partition coefficient (Wildman–Crippen LogP) is 4.58. The molecule has 1 unspecified atom stereocenters. The van der Waals surface area contributed by atoms with E-state index < -0.39 is 184 Å². The maximum absolute atomic E-state index is 16.0. The van der Waals surface area contributed by atoms with E-state index in [-0.39, 0.29) is 66.4 Å². The number of phenolic OH excluding ortho intramolecular Hbond substituents is 5. The Hall–Kier alpha value is -11.0. The Morgan fingerprint density at radius 2 is 1.17 bits per heavy atom. The molecule has 13 rings (SSSR count). The van der Waals surface area contributed by atoms with E-state index in [0.717, 1.165) is 73.8 Å². The van der Waals surface area contributed by atoms with Crippen molar-refractivity contribution in [3.05, 3.63) is 164 Å². The van der Waals surface area contributed by atoms with Crippen LogP contribution in [0.1, 0.15) is 81.7 Å². The number of ether oxygens (including phenoxy) is 5. The molecule has 0 aromatic heterocycles. The number of carbonyl (C=O) groups is 8. The molecular weight excluding hydrogens is 1260 g/mol. The fourth-order valence-corrected chi connectivity index (χ4v) is 11.4. The number of hydrogen-bond donors (Lipinski definition) is 15. The number of nitrogens with one attached hydrogen (secondary N) is 6. The monoisotopic (exact) mass is 1310 g/mol. The van der Waals surface area contributed by atoms with Gasteiger partial charge < -0.3 is 102 Å².